The minimum absolute atomic E-state index is 0.0417. The first-order valence-electron chi connectivity index (χ1n) is 23.3. The zero-order chi connectivity index (χ0) is 48.6. The Morgan fingerprint density at radius 2 is 0.894 bits per heavy atom. The maximum Gasteiger partial charge on any atom is 0.326 e. The first-order chi connectivity index (χ1) is 31.3. The number of carbonyl (C=O) groups excluding carboxylic acids is 9. The third-order valence-electron chi connectivity index (χ3n) is 13.3. The smallest absolute Gasteiger partial charge is 0.326 e. The Balaban J connectivity index is 1.18. The molecular formula is C43H69N10O13+. The van der Waals surface area contributed by atoms with Crippen molar-refractivity contribution in [2.45, 2.75) is 159 Å². The molecule has 5 heterocycles. The van der Waals surface area contributed by atoms with E-state index in [0.29, 0.717) is 51.4 Å². The summed E-state index contributed by atoms with van der Waals surface area (Å²) in [6, 6.07) is -10.6. The summed E-state index contributed by atoms with van der Waals surface area (Å²) < 4.78 is 0. The molecule has 0 aromatic carbocycles. The summed E-state index contributed by atoms with van der Waals surface area (Å²) >= 11 is 0. The molecule has 5 rings (SSSR count). The number of aliphatic hydroxyl groups excluding tert-OH is 2. The number of likely N-dealkylation sites (tertiary alicyclic amines) is 5. The lowest BCUT2D eigenvalue weighted by Gasteiger charge is -2.34. The van der Waals surface area contributed by atoms with E-state index in [-0.39, 0.29) is 57.9 Å². The highest BCUT2D eigenvalue weighted by atomic mass is 16.4. The third-order valence-corrected chi connectivity index (χ3v) is 13.3. The van der Waals surface area contributed by atoms with E-state index in [1.807, 2.05) is 13.8 Å². The van der Waals surface area contributed by atoms with Gasteiger partial charge in [0.1, 0.15) is 54.4 Å². The van der Waals surface area contributed by atoms with E-state index in [0.717, 1.165) is 0 Å². The second kappa shape index (κ2) is 22.9. The number of rotatable bonds is 18. The second-order valence-corrected chi connectivity index (χ2v) is 18.6. The van der Waals surface area contributed by atoms with Gasteiger partial charge in [0.15, 0.2) is 6.04 Å². The van der Waals surface area contributed by atoms with Crippen LogP contribution >= 0.6 is 0 Å². The van der Waals surface area contributed by atoms with Gasteiger partial charge in [-0.3, -0.25) is 43.2 Å². The van der Waals surface area contributed by atoms with E-state index >= 15 is 0 Å². The van der Waals surface area contributed by atoms with Crippen LogP contribution in [-0.4, -0.2) is 205 Å². The number of hydrogen-bond donors (Lipinski definition) is 8. The Hall–Kier alpha value is -5.42. The fourth-order valence-corrected chi connectivity index (χ4v) is 9.80. The number of amides is 9. The van der Waals surface area contributed by atoms with Gasteiger partial charge in [0.2, 0.25) is 47.3 Å². The standard InChI is InChI=1S/C43H68N10O13/c1-23(2)20-26(39(61)52-18-8-13-32(52)42(64)53-19-9-14-33(53)43(65)66)46-36(58)30-11-6-16-50(30)41(63)31-12-7-17-51(31)38(60)25(4)45-35(57)27(21-54)47-37(59)29-10-5-15-49(29)40(62)28(22-55)48-34(56)24(3)44/h23-33,54-55H,5-22,44H2,1-4H3,(H,45,57)(H,46,58)(H,47,59)(H,48,56)(H,65,66)/p+1/t24-,25-,26-,27-,28-,29-,30-,31-,32-,33-/m0/s1. The first kappa shape index (κ1) is 51.6. The molecule has 368 valence electrons. The van der Waals surface area contributed by atoms with Crippen molar-refractivity contribution >= 4 is 59.1 Å². The van der Waals surface area contributed by atoms with E-state index < -0.39 is 133 Å². The van der Waals surface area contributed by atoms with Gasteiger partial charge >= 0.3 is 5.97 Å². The molecule has 10 N–H and O–H groups in total. The quantitative estimate of drug-likeness (QED) is 0.0646. The van der Waals surface area contributed by atoms with Crippen molar-refractivity contribution in [1.29, 1.82) is 0 Å². The Kier molecular flexibility index (Phi) is 17.9. The topological polar surface area (TPSA) is 323 Å². The number of quaternary nitrogens is 1. The molecular weight excluding hydrogens is 865 g/mol. The van der Waals surface area contributed by atoms with E-state index in [9.17, 15) is 63.3 Å². The summed E-state index contributed by atoms with van der Waals surface area (Å²) in [4.78, 5) is 141. The number of aliphatic carboxylic acids is 1. The van der Waals surface area contributed by atoms with Crippen LogP contribution in [0.1, 0.15) is 98.3 Å². The SMILES string of the molecule is CC(C)C[C@H](NC(=O)[C@@H]1CCCN1C(=O)[C@@H]1CCCN1C(=O)[C@H](C)NC(=O)[C@H](CO)NC(=O)[C@@H]1CCCN1C(=O)[C@H](CO)NC(=O)[C@H](C)[NH3+])C(=O)N1CCC[C@H]1C(=O)N1CCC[C@H]1C(=O)O. The number of hydrogen-bond acceptors (Lipinski definition) is 12. The molecule has 5 saturated heterocycles. The maximum atomic E-state index is 14.2. The fourth-order valence-electron chi connectivity index (χ4n) is 9.80. The van der Waals surface area contributed by atoms with E-state index in [4.69, 9.17) is 0 Å². The van der Waals surface area contributed by atoms with E-state index in [1.54, 1.807) is 0 Å². The molecule has 9 amide bonds. The molecule has 0 spiro atoms. The van der Waals surface area contributed by atoms with Crippen LogP contribution in [0.25, 0.3) is 0 Å². The molecule has 5 fully saturated rings. The summed E-state index contributed by atoms with van der Waals surface area (Å²) in [7, 11) is 0. The predicted molar refractivity (Wildman–Crippen MR) is 231 cm³/mol. The maximum absolute atomic E-state index is 14.2. The van der Waals surface area contributed by atoms with Crippen molar-refractivity contribution in [1.82, 2.24) is 45.8 Å². The Morgan fingerprint density at radius 1 is 0.500 bits per heavy atom. The van der Waals surface area contributed by atoms with Gasteiger partial charge in [-0.05, 0) is 90.4 Å². The molecule has 0 aliphatic carbocycles. The lowest BCUT2D eigenvalue weighted by molar-refractivity contribution is -0.398. The Bertz CT molecular complexity index is 1870. The normalized spacial score (nSPS) is 25.3. The molecule has 10 atom stereocenters. The molecule has 0 radical (unpaired) electrons. The van der Waals surface area contributed by atoms with Gasteiger partial charge in [0, 0.05) is 32.7 Å². The number of aliphatic hydroxyl groups is 2. The van der Waals surface area contributed by atoms with Gasteiger partial charge in [-0.2, -0.15) is 0 Å². The van der Waals surface area contributed by atoms with Crippen LogP contribution in [0.2, 0.25) is 0 Å². The van der Waals surface area contributed by atoms with Crippen LogP contribution in [0.3, 0.4) is 0 Å². The summed E-state index contributed by atoms with van der Waals surface area (Å²) in [5.41, 5.74) is 3.59. The monoisotopic (exact) mass is 934 g/mol. The highest BCUT2D eigenvalue weighted by Gasteiger charge is 2.47. The Morgan fingerprint density at radius 3 is 1.36 bits per heavy atom. The second-order valence-electron chi connectivity index (χ2n) is 18.6. The van der Waals surface area contributed by atoms with Gasteiger partial charge in [-0.1, -0.05) is 13.8 Å². The van der Waals surface area contributed by atoms with Crippen LogP contribution in [0.5, 0.6) is 0 Å². The third kappa shape index (κ3) is 11.7. The van der Waals surface area contributed by atoms with Crippen molar-refractivity contribution in [2.24, 2.45) is 5.92 Å². The van der Waals surface area contributed by atoms with Crippen LogP contribution in [-0.2, 0) is 47.9 Å². The summed E-state index contributed by atoms with van der Waals surface area (Å²) in [5, 5.41) is 39.8. The molecule has 5 aliphatic heterocycles. The number of carbonyl (C=O) groups is 10. The highest BCUT2D eigenvalue weighted by Crippen LogP contribution is 2.29. The van der Waals surface area contributed by atoms with Crippen LogP contribution in [0.15, 0.2) is 0 Å². The molecule has 23 heteroatoms. The largest absolute Gasteiger partial charge is 0.480 e. The zero-order valence-corrected chi connectivity index (χ0v) is 38.4. The van der Waals surface area contributed by atoms with Gasteiger partial charge in [0.25, 0.3) is 5.91 Å². The average molecular weight is 934 g/mol. The minimum atomic E-state index is -1.52. The van der Waals surface area contributed by atoms with Crippen molar-refractivity contribution in [3.05, 3.63) is 0 Å². The van der Waals surface area contributed by atoms with Gasteiger partial charge < -0.3 is 66.8 Å². The van der Waals surface area contributed by atoms with Gasteiger partial charge in [-0.15, -0.1) is 0 Å². The molecule has 0 aromatic heterocycles. The molecule has 0 unspecified atom stereocenters. The molecule has 0 aromatic rings. The van der Waals surface area contributed by atoms with E-state index in [1.165, 1.54) is 38.3 Å². The fraction of sp³-hybridized carbons (Fsp3) is 0.767. The van der Waals surface area contributed by atoms with Crippen molar-refractivity contribution < 1.29 is 69.0 Å². The van der Waals surface area contributed by atoms with Crippen molar-refractivity contribution in [3.8, 4) is 0 Å². The molecule has 5 aliphatic rings. The number of carboxylic acids is 1. The van der Waals surface area contributed by atoms with Gasteiger partial charge in [-0.25, -0.2) is 4.79 Å². The zero-order valence-electron chi connectivity index (χ0n) is 38.4. The molecule has 23 nitrogen and oxygen atoms in total. The number of nitrogens with one attached hydrogen (secondary N) is 4. The van der Waals surface area contributed by atoms with Crippen molar-refractivity contribution in [2.75, 3.05) is 45.9 Å². The van der Waals surface area contributed by atoms with Crippen LogP contribution < -0.4 is 27.0 Å². The van der Waals surface area contributed by atoms with Crippen LogP contribution in [0, 0.1) is 5.92 Å². The lowest BCUT2D eigenvalue weighted by atomic mass is 10.0. The Labute approximate surface area is 383 Å². The van der Waals surface area contributed by atoms with Crippen LogP contribution in [0.4, 0.5) is 0 Å². The molecule has 0 bridgehead atoms. The first-order valence-corrected chi connectivity index (χ1v) is 23.3. The number of nitrogens with zero attached hydrogens (tertiary/aromatic N) is 5. The van der Waals surface area contributed by atoms with Gasteiger partial charge in [0.05, 0.1) is 13.2 Å². The lowest BCUT2D eigenvalue weighted by Crippen LogP contribution is -2.68. The summed E-state index contributed by atoms with van der Waals surface area (Å²) in [5.74, 6) is -6.55. The highest BCUT2D eigenvalue weighted by molar-refractivity contribution is 5.99. The predicted octanol–water partition coefficient (Wildman–Crippen LogP) is -4.35. The summed E-state index contributed by atoms with van der Waals surface area (Å²) in [6.45, 7) is 6.21. The average Bonchev–Trinajstić information content (AvgIpc) is 4.14. The van der Waals surface area contributed by atoms with E-state index in [2.05, 4.69) is 27.0 Å². The molecule has 66 heavy (non-hydrogen) atoms. The minimum Gasteiger partial charge on any atom is -0.480 e. The molecule has 0 saturated carbocycles. The van der Waals surface area contributed by atoms with Crippen molar-refractivity contribution in [3.63, 3.8) is 0 Å². The number of carboxylic acid groups (broad SMARTS) is 1. The summed E-state index contributed by atoms with van der Waals surface area (Å²) in [6.07, 6.45) is 4.20.